The Morgan fingerprint density at radius 1 is 1.14 bits per heavy atom. The summed E-state index contributed by atoms with van der Waals surface area (Å²) in [5.74, 6) is -1.47. The zero-order valence-corrected chi connectivity index (χ0v) is 16.0. The van der Waals surface area contributed by atoms with Crippen LogP contribution in [0.3, 0.4) is 0 Å². The lowest BCUT2D eigenvalue weighted by Crippen LogP contribution is -2.42. The van der Waals surface area contributed by atoms with E-state index in [1.807, 2.05) is 6.92 Å². The molecule has 3 heterocycles. The van der Waals surface area contributed by atoms with E-state index in [4.69, 9.17) is 4.52 Å². The third-order valence-corrected chi connectivity index (χ3v) is 5.15. The molecule has 0 saturated carbocycles. The van der Waals surface area contributed by atoms with Crippen molar-refractivity contribution in [2.75, 3.05) is 0 Å². The summed E-state index contributed by atoms with van der Waals surface area (Å²) in [4.78, 5) is 30.7. The first-order valence-electron chi connectivity index (χ1n) is 9.63. The molecule has 9 heteroatoms. The molecule has 0 fully saturated rings. The fourth-order valence-electron chi connectivity index (χ4n) is 3.66. The molecule has 3 aromatic rings. The maximum absolute atomic E-state index is 13.6. The second-order valence-electron chi connectivity index (χ2n) is 7.07. The molecule has 4 rings (SSSR count). The van der Waals surface area contributed by atoms with Gasteiger partial charge in [-0.3, -0.25) is 13.9 Å². The molecule has 0 amide bonds. The normalized spacial score (nSPS) is 13.9. The minimum Gasteiger partial charge on any atom is -0.339 e. The van der Waals surface area contributed by atoms with Crippen LogP contribution in [0.2, 0.25) is 0 Å². The van der Waals surface area contributed by atoms with Gasteiger partial charge in [0.25, 0.3) is 5.56 Å². The van der Waals surface area contributed by atoms with Gasteiger partial charge in [-0.2, -0.15) is 4.98 Å². The maximum Gasteiger partial charge on any atom is 0.331 e. The Kier molecular flexibility index (Phi) is 5.12. The number of halogens is 2. The lowest BCUT2D eigenvalue weighted by molar-refractivity contribution is 0.382. The lowest BCUT2D eigenvalue weighted by atomic mass is 10.1. The van der Waals surface area contributed by atoms with Crippen molar-refractivity contribution < 1.29 is 13.3 Å². The van der Waals surface area contributed by atoms with Gasteiger partial charge in [0.15, 0.2) is 11.6 Å². The molecule has 0 N–H and O–H groups in total. The van der Waals surface area contributed by atoms with Gasteiger partial charge in [-0.25, -0.2) is 13.6 Å². The van der Waals surface area contributed by atoms with E-state index in [0.29, 0.717) is 36.5 Å². The fourth-order valence-corrected chi connectivity index (χ4v) is 3.66. The molecule has 0 spiro atoms. The number of fused-ring (bicyclic) bond motifs is 1. The van der Waals surface area contributed by atoms with E-state index in [1.165, 1.54) is 6.07 Å². The Morgan fingerprint density at radius 2 is 1.97 bits per heavy atom. The van der Waals surface area contributed by atoms with E-state index in [1.54, 1.807) is 4.57 Å². The number of hydrogen-bond donors (Lipinski definition) is 0. The number of hydrogen-bond acceptors (Lipinski definition) is 5. The van der Waals surface area contributed by atoms with Gasteiger partial charge >= 0.3 is 5.69 Å². The molecular formula is C20H20F2N4O3. The van der Waals surface area contributed by atoms with Crippen molar-refractivity contribution in [2.24, 2.45) is 0 Å². The first kappa shape index (κ1) is 19.2. The molecule has 0 unspecified atom stereocenters. The average Bonchev–Trinajstić information content (AvgIpc) is 3.05. The number of aryl methyl sites for hydroxylation is 1. The monoisotopic (exact) mass is 402 g/mol. The van der Waals surface area contributed by atoms with Crippen molar-refractivity contribution in [3.8, 4) is 11.4 Å². The smallest absolute Gasteiger partial charge is 0.331 e. The minimum absolute atomic E-state index is 0.150. The van der Waals surface area contributed by atoms with Crippen LogP contribution in [0.5, 0.6) is 0 Å². The molecular weight excluding hydrogens is 382 g/mol. The molecule has 29 heavy (non-hydrogen) atoms. The summed E-state index contributed by atoms with van der Waals surface area (Å²) in [6.07, 6.45) is 3.66. The van der Waals surface area contributed by atoms with E-state index in [9.17, 15) is 18.4 Å². The van der Waals surface area contributed by atoms with Gasteiger partial charge in [0.1, 0.15) is 5.56 Å². The molecule has 0 aliphatic carbocycles. The average molecular weight is 402 g/mol. The van der Waals surface area contributed by atoms with E-state index >= 15 is 0 Å². The Morgan fingerprint density at radius 3 is 2.69 bits per heavy atom. The van der Waals surface area contributed by atoms with E-state index in [2.05, 4.69) is 10.1 Å². The number of nitrogens with zero attached hydrogens (tertiary/aromatic N) is 4. The third kappa shape index (κ3) is 3.52. The molecule has 1 aliphatic heterocycles. The highest BCUT2D eigenvalue weighted by molar-refractivity contribution is 5.56. The van der Waals surface area contributed by atoms with Gasteiger partial charge in [0, 0.05) is 18.7 Å². The molecule has 0 saturated heterocycles. The van der Waals surface area contributed by atoms with Gasteiger partial charge in [-0.05, 0) is 37.0 Å². The second kappa shape index (κ2) is 7.73. The highest BCUT2D eigenvalue weighted by Gasteiger charge is 2.25. The predicted molar refractivity (Wildman–Crippen MR) is 101 cm³/mol. The predicted octanol–water partition coefficient (Wildman–Crippen LogP) is 2.68. The summed E-state index contributed by atoms with van der Waals surface area (Å²) < 4.78 is 34.6. The van der Waals surface area contributed by atoms with Crippen molar-refractivity contribution in [3.63, 3.8) is 0 Å². The maximum atomic E-state index is 13.6. The van der Waals surface area contributed by atoms with Crippen LogP contribution in [0, 0.1) is 11.6 Å². The van der Waals surface area contributed by atoms with Gasteiger partial charge in [0.2, 0.25) is 11.7 Å². The van der Waals surface area contributed by atoms with E-state index < -0.39 is 22.9 Å². The highest BCUT2D eigenvalue weighted by atomic mass is 19.2. The van der Waals surface area contributed by atoms with Gasteiger partial charge in [-0.15, -0.1) is 0 Å². The van der Waals surface area contributed by atoms with Crippen molar-refractivity contribution in [2.45, 2.75) is 52.1 Å². The molecule has 152 valence electrons. The Labute approximate surface area is 164 Å². The topological polar surface area (TPSA) is 82.9 Å². The summed E-state index contributed by atoms with van der Waals surface area (Å²) in [7, 11) is 0. The molecule has 7 nitrogen and oxygen atoms in total. The first-order chi connectivity index (χ1) is 14.0. The van der Waals surface area contributed by atoms with Crippen LogP contribution in [0.15, 0.2) is 32.3 Å². The SMILES string of the molecule is CCc1nc(-c2c3n(c(=O)n(Cc4ccc(F)c(F)c4)c2=O)CCCCC3)no1. The molecule has 0 bridgehead atoms. The lowest BCUT2D eigenvalue weighted by Gasteiger charge is -2.16. The van der Waals surface area contributed by atoms with Gasteiger partial charge in [-0.1, -0.05) is 24.6 Å². The summed E-state index contributed by atoms with van der Waals surface area (Å²) in [6.45, 7) is 2.15. The zero-order chi connectivity index (χ0) is 20.5. The van der Waals surface area contributed by atoms with Crippen LogP contribution < -0.4 is 11.2 Å². The summed E-state index contributed by atoms with van der Waals surface area (Å²) in [5.41, 5.74) is 0.113. The first-order valence-corrected chi connectivity index (χ1v) is 9.63. The molecule has 1 aromatic carbocycles. The number of rotatable bonds is 4. The fraction of sp³-hybridized carbons (Fsp3) is 0.400. The van der Waals surface area contributed by atoms with Crippen molar-refractivity contribution >= 4 is 0 Å². The standard InChI is InChI=1S/C20H20F2N4O3/c1-2-16-23-18(24-29-16)17-15-6-4-3-5-9-25(15)20(28)26(19(17)27)11-12-7-8-13(21)14(22)10-12/h7-8,10H,2-6,9,11H2,1H3. The minimum atomic E-state index is -1.03. The molecule has 0 atom stereocenters. The van der Waals surface area contributed by atoms with Crippen LogP contribution in [0.4, 0.5) is 8.78 Å². The van der Waals surface area contributed by atoms with Crippen LogP contribution in [-0.4, -0.2) is 19.3 Å². The third-order valence-electron chi connectivity index (χ3n) is 5.15. The van der Waals surface area contributed by atoms with Crippen LogP contribution in [0.1, 0.15) is 43.3 Å². The van der Waals surface area contributed by atoms with Crippen molar-refractivity contribution in [3.05, 3.63) is 67.8 Å². The van der Waals surface area contributed by atoms with Crippen LogP contribution >= 0.6 is 0 Å². The Bertz CT molecular complexity index is 1180. The van der Waals surface area contributed by atoms with Gasteiger partial charge in [0.05, 0.1) is 6.54 Å². The van der Waals surface area contributed by atoms with E-state index in [0.717, 1.165) is 36.0 Å². The summed E-state index contributed by atoms with van der Waals surface area (Å²) in [5, 5.41) is 3.94. The van der Waals surface area contributed by atoms with Crippen LogP contribution in [0.25, 0.3) is 11.4 Å². The zero-order valence-electron chi connectivity index (χ0n) is 16.0. The Balaban J connectivity index is 1.92. The van der Waals surface area contributed by atoms with Crippen LogP contribution in [-0.2, 0) is 25.9 Å². The van der Waals surface area contributed by atoms with E-state index in [-0.39, 0.29) is 17.9 Å². The summed E-state index contributed by atoms with van der Waals surface area (Å²) >= 11 is 0. The summed E-state index contributed by atoms with van der Waals surface area (Å²) in [6, 6.07) is 3.31. The molecule has 0 radical (unpaired) electrons. The van der Waals surface area contributed by atoms with Gasteiger partial charge < -0.3 is 4.52 Å². The number of benzene rings is 1. The van der Waals surface area contributed by atoms with Crippen molar-refractivity contribution in [1.29, 1.82) is 0 Å². The van der Waals surface area contributed by atoms with Crippen molar-refractivity contribution in [1.82, 2.24) is 19.3 Å². The second-order valence-corrected chi connectivity index (χ2v) is 7.07. The highest BCUT2D eigenvalue weighted by Crippen LogP contribution is 2.22. The number of aromatic nitrogens is 4. The molecule has 1 aliphatic rings. The quantitative estimate of drug-likeness (QED) is 0.670. The largest absolute Gasteiger partial charge is 0.339 e. The Hall–Kier alpha value is -3.10. The molecule has 2 aromatic heterocycles.